The van der Waals surface area contributed by atoms with Crippen molar-refractivity contribution in [2.45, 2.75) is 33.6 Å². The van der Waals surface area contributed by atoms with E-state index >= 15 is 0 Å². The quantitative estimate of drug-likeness (QED) is 0.452. The third-order valence-corrected chi connectivity index (χ3v) is 3.85. The summed E-state index contributed by atoms with van der Waals surface area (Å²) in [5.74, 6) is 0.713. The second kappa shape index (κ2) is 9.85. The number of allylic oxidation sites excluding steroid dienone is 7. The fraction of sp³-hybridized carbons (Fsp3) is 0.412. The minimum Gasteiger partial charge on any atom is -0.207 e. The lowest BCUT2D eigenvalue weighted by atomic mass is 9.92. The standard InChI is InChI=1S/C17H25FS/c1-6-8-11-15(3)19-14-17(4,5)13-9-12-16(18)10-7-2/h7-12H,2-3,6,13-14H2,1,4-5H3/b11-8-,12-9-,16-10+. The topological polar surface area (TPSA) is 0 Å². The van der Waals surface area contributed by atoms with Gasteiger partial charge >= 0.3 is 0 Å². The molecule has 0 fully saturated rings. The third-order valence-electron chi connectivity index (χ3n) is 2.41. The Morgan fingerprint density at radius 3 is 2.53 bits per heavy atom. The molecule has 0 nitrogen and oxygen atoms in total. The summed E-state index contributed by atoms with van der Waals surface area (Å²) in [6.45, 7) is 13.9. The van der Waals surface area contributed by atoms with Crippen molar-refractivity contribution in [2.24, 2.45) is 5.41 Å². The fourth-order valence-corrected chi connectivity index (χ4v) is 2.19. The Hall–Kier alpha value is -1.02. The number of halogens is 1. The largest absolute Gasteiger partial charge is 0.207 e. The molecule has 0 radical (unpaired) electrons. The number of thioether (sulfide) groups is 1. The van der Waals surface area contributed by atoms with Gasteiger partial charge in [-0.15, -0.1) is 11.8 Å². The van der Waals surface area contributed by atoms with Gasteiger partial charge in [0.1, 0.15) is 5.83 Å². The lowest BCUT2D eigenvalue weighted by Gasteiger charge is -2.22. The van der Waals surface area contributed by atoms with Crippen molar-refractivity contribution >= 4 is 11.8 Å². The van der Waals surface area contributed by atoms with Crippen LogP contribution in [0.4, 0.5) is 4.39 Å². The van der Waals surface area contributed by atoms with Crippen LogP contribution in [0.3, 0.4) is 0 Å². The first-order valence-electron chi connectivity index (χ1n) is 6.54. The van der Waals surface area contributed by atoms with Crippen molar-refractivity contribution in [1.82, 2.24) is 0 Å². The fourth-order valence-electron chi connectivity index (χ4n) is 1.30. The highest BCUT2D eigenvalue weighted by molar-refractivity contribution is 8.03. The van der Waals surface area contributed by atoms with E-state index in [1.54, 1.807) is 11.8 Å². The maximum atomic E-state index is 13.1. The molecule has 0 aromatic heterocycles. The molecular formula is C17H25FS. The van der Waals surface area contributed by atoms with Gasteiger partial charge in [-0.3, -0.25) is 0 Å². The van der Waals surface area contributed by atoms with E-state index in [-0.39, 0.29) is 11.2 Å². The van der Waals surface area contributed by atoms with Crippen LogP contribution in [0.1, 0.15) is 33.6 Å². The molecule has 0 N–H and O–H groups in total. The van der Waals surface area contributed by atoms with Gasteiger partial charge in [0, 0.05) is 5.75 Å². The molecule has 0 aliphatic carbocycles. The first-order valence-corrected chi connectivity index (χ1v) is 7.53. The van der Waals surface area contributed by atoms with Crippen molar-refractivity contribution < 1.29 is 4.39 Å². The van der Waals surface area contributed by atoms with E-state index in [2.05, 4.69) is 46.1 Å². The molecule has 2 heteroatoms. The molecule has 0 rings (SSSR count). The average Bonchev–Trinajstić information content (AvgIpc) is 2.34. The van der Waals surface area contributed by atoms with Crippen molar-refractivity contribution in [3.63, 3.8) is 0 Å². The second-order valence-corrected chi connectivity index (χ2v) is 6.23. The van der Waals surface area contributed by atoms with Crippen molar-refractivity contribution in [2.75, 3.05) is 5.75 Å². The molecular weight excluding hydrogens is 255 g/mol. The Kier molecular flexibility index (Phi) is 9.32. The van der Waals surface area contributed by atoms with Gasteiger partial charge in [-0.1, -0.05) is 58.2 Å². The summed E-state index contributed by atoms with van der Waals surface area (Å²) in [6, 6.07) is 0. The van der Waals surface area contributed by atoms with E-state index in [4.69, 9.17) is 0 Å². The van der Waals surface area contributed by atoms with E-state index in [0.29, 0.717) is 0 Å². The molecule has 0 aliphatic rings. The summed E-state index contributed by atoms with van der Waals surface area (Å²) in [5.41, 5.74) is 0.124. The van der Waals surface area contributed by atoms with E-state index in [0.717, 1.165) is 23.5 Å². The summed E-state index contributed by atoms with van der Waals surface area (Å²) in [6.07, 6.45) is 12.2. The molecule has 0 atom stereocenters. The van der Waals surface area contributed by atoms with Gasteiger partial charge in [0.25, 0.3) is 0 Å². The normalized spacial score (nSPS) is 13.4. The van der Waals surface area contributed by atoms with E-state index in [1.165, 1.54) is 18.2 Å². The summed E-state index contributed by atoms with van der Waals surface area (Å²) in [4.78, 5) is 1.08. The van der Waals surface area contributed by atoms with Gasteiger partial charge in [-0.2, -0.15) is 0 Å². The van der Waals surface area contributed by atoms with Gasteiger partial charge in [0.2, 0.25) is 0 Å². The molecule has 19 heavy (non-hydrogen) atoms. The maximum Gasteiger partial charge on any atom is 0.122 e. The monoisotopic (exact) mass is 280 g/mol. The average molecular weight is 280 g/mol. The zero-order valence-electron chi connectivity index (χ0n) is 12.3. The molecule has 0 saturated carbocycles. The summed E-state index contributed by atoms with van der Waals surface area (Å²) >= 11 is 1.75. The van der Waals surface area contributed by atoms with Crippen LogP contribution in [0, 0.1) is 5.41 Å². The van der Waals surface area contributed by atoms with Crippen molar-refractivity contribution in [3.05, 3.63) is 60.3 Å². The number of hydrogen-bond donors (Lipinski definition) is 0. The van der Waals surface area contributed by atoms with Crippen LogP contribution in [-0.2, 0) is 0 Å². The Morgan fingerprint density at radius 2 is 1.95 bits per heavy atom. The van der Waals surface area contributed by atoms with Crippen molar-refractivity contribution in [3.8, 4) is 0 Å². The first-order chi connectivity index (χ1) is 8.91. The highest BCUT2D eigenvalue weighted by atomic mass is 32.2. The highest BCUT2D eigenvalue weighted by Crippen LogP contribution is 2.30. The SMILES string of the molecule is C=C/C=C(F)\C=C/CC(C)(C)CSC(=C)/C=C\CC. The molecule has 0 unspecified atom stereocenters. The van der Waals surface area contributed by atoms with Crippen LogP contribution in [0.15, 0.2) is 60.3 Å². The predicted molar refractivity (Wildman–Crippen MR) is 88.0 cm³/mol. The van der Waals surface area contributed by atoms with Crippen LogP contribution in [-0.4, -0.2) is 5.75 Å². The Bertz CT molecular complexity index is 373. The Labute approximate surface area is 121 Å². The van der Waals surface area contributed by atoms with E-state index in [1.807, 2.05) is 6.08 Å². The zero-order chi connectivity index (χ0) is 14.7. The van der Waals surface area contributed by atoms with Gasteiger partial charge < -0.3 is 0 Å². The van der Waals surface area contributed by atoms with Crippen LogP contribution >= 0.6 is 11.8 Å². The molecule has 0 amide bonds. The van der Waals surface area contributed by atoms with Crippen LogP contribution in [0.2, 0.25) is 0 Å². The minimum absolute atomic E-state index is 0.124. The Morgan fingerprint density at radius 1 is 1.26 bits per heavy atom. The summed E-state index contributed by atoms with van der Waals surface area (Å²) in [5, 5.41) is 0. The molecule has 106 valence electrons. The third kappa shape index (κ3) is 10.6. The lowest BCUT2D eigenvalue weighted by molar-refractivity contribution is 0.431. The van der Waals surface area contributed by atoms with Crippen LogP contribution < -0.4 is 0 Å². The predicted octanol–water partition coefficient (Wildman–Crippen LogP) is 6.21. The van der Waals surface area contributed by atoms with Gasteiger partial charge in [0.05, 0.1) is 0 Å². The summed E-state index contributed by atoms with van der Waals surface area (Å²) < 4.78 is 13.1. The number of rotatable bonds is 9. The second-order valence-electron chi connectivity index (χ2n) is 5.12. The van der Waals surface area contributed by atoms with Gasteiger partial charge in [-0.05, 0) is 35.3 Å². The Balaban J connectivity index is 4.18. The molecule has 0 heterocycles. The van der Waals surface area contributed by atoms with Crippen LogP contribution in [0.25, 0.3) is 0 Å². The molecule has 0 bridgehead atoms. The molecule has 0 aromatic rings. The zero-order valence-corrected chi connectivity index (χ0v) is 13.1. The first kappa shape index (κ1) is 18.0. The van der Waals surface area contributed by atoms with Gasteiger partial charge in [0.15, 0.2) is 0 Å². The molecule has 0 aliphatic heterocycles. The summed E-state index contributed by atoms with van der Waals surface area (Å²) in [7, 11) is 0. The maximum absolute atomic E-state index is 13.1. The number of hydrogen-bond acceptors (Lipinski definition) is 1. The minimum atomic E-state index is -0.256. The van der Waals surface area contributed by atoms with Gasteiger partial charge in [-0.25, -0.2) is 4.39 Å². The van der Waals surface area contributed by atoms with Crippen molar-refractivity contribution in [1.29, 1.82) is 0 Å². The van der Waals surface area contributed by atoms with Crippen LogP contribution in [0.5, 0.6) is 0 Å². The van der Waals surface area contributed by atoms with E-state index < -0.39 is 0 Å². The molecule has 0 aromatic carbocycles. The smallest absolute Gasteiger partial charge is 0.122 e. The molecule has 0 spiro atoms. The van der Waals surface area contributed by atoms with E-state index in [9.17, 15) is 4.39 Å². The highest BCUT2D eigenvalue weighted by Gasteiger charge is 2.16. The lowest BCUT2D eigenvalue weighted by Crippen LogP contribution is -2.13. The molecule has 0 saturated heterocycles.